The lowest BCUT2D eigenvalue weighted by molar-refractivity contribution is -0.128. The van der Waals surface area contributed by atoms with E-state index in [0.717, 1.165) is 29.4 Å². The third-order valence-corrected chi connectivity index (χ3v) is 6.40. The molecule has 1 atom stereocenters. The molecule has 1 saturated heterocycles. The maximum atomic E-state index is 13.1. The van der Waals surface area contributed by atoms with Crippen LogP contribution in [0.4, 0.5) is 5.69 Å². The van der Waals surface area contributed by atoms with Crippen molar-refractivity contribution in [3.05, 3.63) is 59.2 Å². The second-order valence-electron chi connectivity index (χ2n) is 9.56. The van der Waals surface area contributed by atoms with Crippen molar-refractivity contribution in [2.24, 2.45) is 10.7 Å². The summed E-state index contributed by atoms with van der Waals surface area (Å²) in [4.78, 5) is 32.4. The molecule has 1 fully saturated rings. The first-order valence-electron chi connectivity index (χ1n) is 12.8. The molecule has 0 radical (unpaired) electrons. The first-order valence-corrected chi connectivity index (χ1v) is 12.8. The zero-order valence-corrected chi connectivity index (χ0v) is 21.8. The standard InChI is InChI=1S/C24H27N3O4.C5H11N/c1-2-9-27(13-21(30)15-29)24(31)20-10-19-8-7-18(11-22(19)26-23(25)12-20)17-5-3-16(14-28)4-6-17;1-6-4-2-3-5-6/h3-8,10-11,14,21,29-30H,2,9,12-13,15H2,1H3,(H2,25,26);2-5H2,1H3. The van der Waals surface area contributed by atoms with Gasteiger partial charge in [0.05, 0.1) is 18.4 Å². The Labute approximate surface area is 219 Å². The highest BCUT2D eigenvalue weighted by atomic mass is 16.3. The number of rotatable bonds is 8. The number of fused-ring (bicyclic) bond motifs is 1. The smallest absolute Gasteiger partial charge is 0.250 e. The Hall–Kier alpha value is -3.33. The first-order chi connectivity index (χ1) is 17.8. The summed E-state index contributed by atoms with van der Waals surface area (Å²) in [5.41, 5.74) is 10.5. The van der Waals surface area contributed by atoms with Gasteiger partial charge < -0.3 is 25.7 Å². The number of aliphatic hydroxyl groups is 2. The van der Waals surface area contributed by atoms with E-state index in [1.807, 2.05) is 37.3 Å². The Morgan fingerprint density at radius 2 is 1.84 bits per heavy atom. The number of hydrogen-bond acceptors (Lipinski definition) is 7. The molecular formula is C29H38N4O4. The molecule has 2 aromatic carbocycles. The molecular weight excluding hydrogens is 468 g/mol. The third-order valence-electron chi connectivity index (χ3n) is 6.40. The number of hydrogen-bond donors (Lipinski definition) is 3. The SMILES string of the molecule is CCCN(CC(O)CO)C(=O)C1=Cc2ccc(-c3ccc(C=O)cc3)cc2N=C(N)C1.CN1CCCC1. The number of nitrogens with two attached hydrogens (primary N) is 1. The van der Waals surface area contributed by atoms with Crippen LogP contribution in [0.15, 0.2) is 53.0 Å². The van der Waals surface area contributed by atoms with Gasteiger partial charge in [-0.25, -0.2) is 4.99 Å². The number of carbonyl (C=O) groups excluding carboxylic acids is 2. The van der Waals surface area contributed by atoms with Gasteiger partial charge in [-0.15, -0.1) is 0 Å². The molecule has 0 spiro atoms. The molecule has 2 aromatic rings. The number of carbonyl (C=O) groups is 2. The third kappa shape index (κ3) is 8.08. The molecule has 2 heterocycles. The van der Waals surface area contributed by atoms with Gasteiger partial charge in [0.2, 0.25) is 5.91 Å². The minimum Gasteiger partial charge on any atom is -0.394 e. The molecule has 8 heteroatoms. The number of benzene rings is 2. The van der Waals surface area contributed by atoms with E-state index in [0.29, 0.717) is 29.2 Å². The summed E-state index contributed by atoms with van der Waals surface area (Å²) in [5, 5.41) is 19.0. The lowest BCUT2D eigenvalue weighted by Gasteiger charge is -2.25. The number of likely N-dealkylation sites (tertiary alicyclic amines) is 1. The van der Waals surface area contributed by atoms with E-state index in [1.165, 1.54) is 30.8 Å². The fraction of sp³-hybridized carbons (Fsp3) is 0.414. The number of amides is 1. The Morgan fingerprint density at radius 1 is 1.16 bits per heavy atom. The zero-order chi connectivity index (χ0) is 26.8. The van der Waals surface area contributed by atoms with Crippen molar-refractivity contribution in [3.8, 4) is 11.1 Å². The minimum absolute atomic E-state index is 0.0557. The lowest BCUT2D eigenvalue weighted by Crippen LogP contribution is -2.40. The van der Waals surface area contributed by atoms with Crippen LogP contribution in [-0.4, -0.2) is 84.0 Å². The maximum absolute atomic E-state index is 13.1. The van der Waals surface area contributed by atoms with Crippen LogP contribution < -0.4 is 5.73 Å². The second kappa shape index (κ2) is 13.8. The molecule has 0 saturated carbocycles. The van der Waals surface area contributed by atoms with E-state index in [1.54, 1.807) is 18.2 Å². The average Bonchev–Trinajstić information content (AvgIpc) is 3.32. The lowest BCUT2D eigenvalue weighted by atomic mass is 10.00. The van der Waals surface area contributed by atoms with E-state index in [2.05, 4.69) is 16.9 Å². The van der Waals surface area contributed by atoms with Gasteiger partial charge >= 0.3 is 0 Å². The van der Waals surface area contributed by atoms with Gasteiger partial charge in [0.25, 0.3) is 0 Å². The fourth-order valence-corrected chi connectivity index (χ4v) is 4.40. The van der Waals surface area contributed by atoms with Gasteiger partial charge in [-0.05, 0) is 62.7 Å². The van der Waals surface area contributed by atoms with Crippen LogP contribution in [-0.2, 0) is 4.79 Å². The first kappa shape index (κ1) is 28.2. The molecule has 2 aliphatic rings. The van der Waals surface area contributed by atoms with Crippen LogP contribution in [0, 0.1) is 0 Å². The van der Waals surface area contributed by atoms with E-state index < -0.39 is 12.7 Å². The number of aliphatic hydroxyl groups excluding tert-OH is 2. The predicted molar refractivity (Wildman–Crippen MR) is 148 cm³/mol. The normalized spacial score (nSPS) is 15.9. The van der Waals surface area contributed by atoms with Crippen LogP contribution in [0.1, 0.15) is 48.5 Å². The maximum Gasteiger partial charge on any atom is 0.250 e. The van der Waals surface area contributed by atoms with Crippen LogP contribution in [0.2, 0.25) is 0 Å². The topological polar surface area (TPSA) is 119 Å². The van der Waals surface area contributed by atoms with Crippen molar-refractivity contribution in [2.45, 2.75) is 38.7 Å². The monoisotopic (exact) mass is 506 g/mol. The van der Waals surface area contributed by atoms with Crippen molar-refractivity contribution in [1.82, 2.24) is 9.80 Å². The van der Waals surface area contributed by atoms with Crippen LogP contribution >= 0.6 is 0 Å². The van der Waals surface area contributed by atoms with E-state index in [-0.39, 0.29) is 18.9 Å². The van der Waals surface area contributed by atoms with Crippen molar-refractivity contribution in [2.75, 3.05) is 39.8 Å². The van der Waals surface area contributed by atoms with E-state index in [4.69, 9.17) is 10.8 Å². The highest BCUT2D eigenvalue weighted by Crippen LogP contribution is 2.32. The van der Waals surface area contributed by atoms with Crippen molar-refractivity contribution < 1.29 is 19.8 Å². The van der Waals surface area contributed by atoms with Crippen LogP contribution in [0.25, 0.3) is 17.2 Å². The molecule has 8 nitrogen and oxygen atoms in total. The second-order valence-corrected chi connectivity index (χ2v) is 9.56. The Bertz CT molecular complexity index is 1120. The quantitative estimate of drug-likeness (QED) is 0.473. The number of amidine groups is 1. The molecule has 37 heavy (non-hydrogen) atoms. The Morgan fingerprint density at radius 3 is 2.41 bits per heavy atom. The van der Waals surface area contributed by atoms with Crippen molar-refractivity contribution in [1.29, 1.82) is 0 Å². The van der Waals surface area contributed by atoms with Crippen LogP contribution in [0.3, 0.4) is 0 Å². The van der Waals surface area contributed by atoms with Crippen molar-refractivity contribution in [3.63, 3.8) is 0 Å². The van der Waals surface area contributed by atoms with Crippen molar-refractivity contribution >= 4 is 29.8 Å². The highest BCUT2D eigenvalue weighted by Gasteiger charge is 2.23. The Balaban J connectivity index is 0.000000555. The van der Waals surface area contributed by atoms with Gasteiger partial charge in [0.15, 0.2) is 0 Å². The van der Waals surface area contributed by atoms with Gasteiger partial charge in [0.1, 0.15) is 12.1 Å². The summed E-state index contributed by atoms with van der Waals surface area (Å²) in [7, 11) is 2.17. The molecule has 0 aliphatic carbocycles. The summed E-state index contributed by atoms with van der Waals surface area (Å²) in [6.45, 7) is 4.70. The largest absolute Gasteiger partial charge is 0.394 e. The average molecular weight is 507 g/mol. The number of nitrogens with zero attached hydrogens (tertiary/aromatic N) is 3. The zero-order valence-electron chi connectivity index (χ0n) is 21.8. The molecule has 198 valence electrons. The molecule has 0 aromatic heterocycles. The molecule has 1 unspecified atom stereocenters. The molecule has 0 bridgehead atoms. The molecule has 1 amide bonds. The summed E-state index contributed by atoms with van der Waals surface area (Å²) in [6.07, 6.45) is 5.35. The summed E-state index contributed by atoms with van der Waals surface area (Å²) in [6, 6.07) is 13.0. The fourth-order valence-electron chi connectivity index (χ4n) is 4.40. The van der Waals surface area contributed by atoms with Gasteiger partial charge in [0, 0.05) is 36.2 Å². The number of aliphatic imine (C=N–C) groups is 1. The van der Waals surface area contributed by atoms with Crippen LogP contribution in [0.5, 0.6) is 0 Å². The highest BCUT2D eigenvalue weighted by molar-refractivity contribution is 6.05. The van der Waals surface area contributed by atoms with E-state index in [9.17, 15) is 14.7 Å². The predicted octanol–water partition coefficient (Wildman–Crippen LogP) is 3.25. The van der Waals surface area contributed by atoms with Gasteiger partial charge in [-0.2, -0.15) is 0 Å². The van der Waals surface area contributed by atoms with Gasteiger partial charge in [-0.1, -0.05) is 43.3 Å². The summed E-state index contributed by atoms with van der Waals surface area (Å²) in [5.74, 6) is 0.0971. The molecule has 2 aliphatic heterocycles. The Kier molecular flexibility index (Phi) is 10.6. The minimum atomic E-state index is -0.992. The molecule has 4 rings (SSSR count). The number of aldehydes is 1. The van der Waals surface area contributed by atoms with Gasteiger partial charge in [-0.3, -0.25) is 9.59 Å². The van der Waals surface area contributed by atoms with E-state index >= 15 is 0 Å². The molecule has 4 N–H and O–H groups in total. The summed E-state index contributed by atoms with van der Waals surface area (Å²) >= 11 is 0. The summed E-state index contributed by atoms with van der Waals surface area (Å²) < 4.78 is 0.